The Labute approximate surface area is 104 Å². The molecule has 0 saturated carbocycles. The summed E-state index contributed by atoms with van der Waals surface area (Å²) in [6, 6.07) is 6.71. The van der Waals surface area contributed by atoms with Gasteiger partial charge in [0.05, 0.1) is 6.61 Å². The molecule has 1 aliphatic heterocycles. The Kier molecular flexibility index (Phi) is 4.95. The zero-order valence-corrected chi connectivity index (χ0v) is 10.6. The number of nitrogens with one attached hydrogen (secondary N) is 1. The molecule has 0 aliphatic carbocycles. The van der Waals surface area contributed by atoms with Crippen molar-refractivity contribution in [2.75, 3.05) is 19.8 Å². The molecule has 17 heavy (non-hydrogen) atoms. The van der Waals surface area contributed by atoms with Crippen LogP contribution in [0.25, 0.3) is 0 Å². The highest BCUT2D eigenvalue weighted by Gasteiger charge is 2.24. The number of ether oxygens (including phenoxy) is 1. The van der Waals surface area contributed by atoms with Crippen LogP contribution in [0.5, 0.6) is 0 Å². The summed E-state index contributed by atoms with van der Waals surface area (Å²) in [4.78, 5) is 4.38. The van der Waals surface area contributed by atoms with E-state index in [1.54, 1.807) is 0 Å². The summed E-state index contributed by atoms with van der Waals surface area (Å²) in [5.41, 5.74) is 1.19. The van der Waals surface area contributed by atoms with E-state index in [1.165, 1.54) is 12.1 Å². The molecule has 2 unspecified atom stereocenters. The topological polar surface area (TPSA) is 34.2 Å². The van der Waals surface area contributed by atoms with Crippen molar-refractivity contribution in [1.82, 2.24) is 10.3 Å². The summed E-state index contributed by atoms with van der Waals surface area (Å²) in [5.74, 6) is 0.679. The lowest BCUT2D eigenvalue weighted by molar-refractivity contribution is 0.175. The van der Waals surface area contributed by atoms with Crippen LogP contribution in [0.4, 0.5) is 0 Å². The zero-order valence-electron chi connectivity index (χ0n) is 10.6. The molecule has 0 spiro atoms. The average molecular weight is 234 g/mol. The van der Waals surface area contributed by atoms with Crippen LogP contribution in [0.2, 0.25) is 0 Å². The normalized spacial score (nSPS) is 21.6. The molecule has 0 aromatic carbocycles. The monoisotopic (exact) mass is 234 g/mol. The summed E-state index contributed by atoms with van der Waals surface area (Å²) < 4.78 is 5.48. The van der Waals surface area contributed by atoms with Crippen molar-refractivity contribution < 1.29 is 4.74 Å². The first-order chi connectivity index (χ1) is 8.40. The van der Waals surface area contributed by atoms with Gasteiger partial charge in [-0.2, -0.15) is 0 Å². The molecule has 1 saturated heterocycles. The lowest BCUT2D eigenvalue weighted by Gasteiger charge is -2.23. The Bertz CT molecular complexity index is 309. The first-order valence-electron chi connectivity index (χ1n) is 6.61. The van der Waals surface area contributed by atoms with E-state index >= 15 is 0 Å². The fourth-order valence-corrected chi connectivity index (χ4v) is 2.49. The van der Waals surface area contributed by atoms with Crippen LogP contribution < -0.4 is 5.32 Å². The predicted molar refractivity (Wildman–Crippen MR) is 68.9 cm³/mol. The minimum Gasteiger partial charge on any atom is -0.381 e. The van der Waals surface area contributed by atoms with Crippen molar-refractivity contribution in [3.63, 3.8) is 0 Å². The van der Waals surface area contributed by atoms with Crippen LogP contribution in [0, 0.1) is 5.92 Å². The SMILES string of the molecule is CCNC(CCc1ccccn1)C1CCOC1. The molecular formula is C14H22N2O. The largest absolute Gasteiger partial charge is 0.381 e. The van der Waals surface area contributed by atoms with Gasteiger partial charge in [-0.1, -0.05) is 13.0 Å². The van der Waals surface area contributed by atoms with E-state index in [0.29, 0.717) is 12.0 Å². The maximum absolute atomic E-state index is 5.48. The van der Waals surface area contributed by atoms with Gasteiger partial charge in [-0.15, -0.1) is 0 Å². The average Bonchev–Trinajstić information content (AvgIpc) is 2.89. The second-order valence-electron chi connectivity index (χ2n) is 4.65. The van der Waals surface area contributed by atoms with Gasteiger partial charge < -0.3 is 10.1 Å². The van der Waals surface area contributed by atoms with Crippen molar-refractivity contribution in [2.24, 2.45) is 5.92 Å². The van der Waals surface area contributed by atoms with Gasteiger partial charge in [0.1, 0.15) is 0 Å². The second-order valence-corrected chi connectivity index (χ2v) is 4.65. The minimum atomic E-state index is 0.574. The van der Waals surface area contributed by atoms with Gasteiger partial charge in [-0.3, -0.25) is 4.98 Å². The van der Waals surface area contributed by atoms with E-state index in [2.05, 4.69) is 29.4 Å². The zero-order chi connectivity index (χ0) is 11.9. The first-order valence-corrected chi connectivity index (χ1v) is 6.61. The molecule has 2 atom stereocenters. The van der Waals surface area contributed by atoms with Crippen LogP contribution in [-0.2, 0) is 11.2 Å². The number of aromatic nitrogens is 1. The number of hydrogen-bond donors (Lipinski definition) is 1. The molecule has 3 nitrogen and oxygen atoms in total. The van der Waals surface area contributed by atoms with Crippen molar-refractivity contribution in [1.29, 1.82) is 0 Å². The molecule has 1 aliphatic rings. The third kappa shape index (κ3) is 3.79. The van der Waals surface area contributed by atoms with Crippen molar-refractivity contribution in [2.45, 2.75) is 32.2 Å². The highest BCUT2D eigenvalue weighted by Crippen LogP contribution is 2.20. The van der Waals surface area contributed by atoms with Gasteiger partial charge >= 0.3 is 0 Å². The molecule has 3 heteroatoms. The molecule has 1 fully saturated rings. The number of hydrogen-bond acceptors (Lipinski definition) is 3. The van der Waals surface area contributed by atoms with E-state index in [9.17, 15) is 0 Å². The Hall–Kier alpha value is -0.930. The standard InChI is InChI=1S/C14H22N2O/c1-2-15-14(12-8-10-17-11-12)7-6-13-5-3-4-9-16-13/h3-5,9,12,14-15H,2,6-8,10-11H2,1H3. The van der Waals surface area contributed by atoms with Gasteiger partial charge in [0.25, 0.3) is 0 Å². The summed E-state index contributed by atoms with van der Waals surface area (Å²) in [6.45, 7) is 5.04. The molecule has 0 amide bonds. The first kappa shape index (κ1) is 12.5. The van der Waals surface area contributed by atoms with Crippen LogP contribution in [0.3, 0.4) is 0 Å². The van der Waals surface area contributed by atoms with Crippen LogP contribution >= 0.6 is 0 Å². The Morgan fingerprint density at radius 2 is 2.47 bits per heavy atom. The third-order valence-corrected chi connectivity index (χ3v) is 3.44. The summed E-state index contributed by atoms with van der Waals surface area (Å²) in [5, 5.41) is 3.59. The summed E-state index contributed by atoms with van der Waals surface area (Å²) in [7, 11) is 0. The number of aryl methyl sites for hydroxylation is 1. The highest BCUT2D eigenvalue weighted by molar-refractivity contribution is 5.04. The van der Waals surface area contributed by atoms with Gasteiger partial charge in [0, 0.05) is 24.5 Å². The Balaban J connectivity index is 1.84. The molecule has 2 rings (SSSR count). The van der Waals surface area contributed by atoms with E-state index in [4.69, 9.17) is 4.74 Å². The minimum absolute atomic E-state index is 0.574. The Morgan fingerprint density at radius 1 is 1.53 bits per heavy atom. The lowest BCUT2D eigenvalue weighted by Crippen LogP contribution is -2.37. The smallest absolute Gasteiger partial charge is 0.0510 e. The molecule has 0 bridgehead atoms. The number of nitrogens with zero attached hydrogens (tertiary/aromatic N) is 1. The van der Waals surface area contributed by atoms with Crippen molar-refractivity contribution in [3.05, 3.63) is 30.1 Å². The fourth-order valence-electron chi connectivity index (χ4n) is 2.49. The van der Waals surface area contributed by atoms with E-state index in [1.807, 2.05) is 12.3 Å². The van der Waals surface area contributed by atoms with Crippen molar-refractivity contribution >= 4 is 0 Å². The van der Waals surface area contributed by atoms with Crippen LogP contribution in [0.15, 0.2) is 24.4 Å². The molecule has 94 valence electrons. The van der Waals surface area contributed by atoms with Crippen LogP contribution in [-0.4, -0.2) is 30.8 Å². The molecule has 0 radical (unpaired) electrons. The van der Waals surface area contributed by atoms with Gasteiger partial charge in [0.15, 0.2) is 0 Å². The maximum Gasteiger partial charge on any atom is 0.0510 e. The quantitative estimate of drug-likeness (QED) is 0.818. The van der Waals surface area contributed by atoms with E-state index < -0.39 is 0 Å². The number of pyridine rings is 1. The molecule has 1 aromatic rings. The van der Waals surface area contributed by atoms with Crippen molar-refractivity contribution in [3.8, 4) is 0 Å². The summed E-state index contributed by atoms with van der Waals surface area (Å²) in [6.07, 6.45) is 5.27. The Morgan fingerprint density at radius 3 is 3.12 bits per heavy atom. The summed E-state index contributed by atoms with van der Waals surface area (Å²) >= 11 is 0. The van der Waals surface area contributed by atoms with Crippen LogP contribution in [0.1, 0.15) is 25.5 Å². The molecule has 2 heterocycles. The third-order valence-electron chi connectivity index (χ3n) is 3.44. The lowest BCUT2D eigenvalue weighted by atomic mass is 9.94. The second kappa shape index (κ2) is 6.72. The van der Waals surface area contributed by atoms with Gasteiger partial charge in [-0.25, -0.2) is 0 Å². The molecule has 1 aromatic heterocycles. The molecule has 1 N–H and O–H groups in total. The highest BCUT2D eigenvalue weighted by atomic mass is 16.5. The molecular weight excluding hydrogens is 212 g/mol. The fraction of sp³-hybridized carbons (Fsp3) is 0.643. The van der Waals surface area contributed by atoms with Gasteiger partial charge in [0.2, 0.25) is 0 Å². The maximum atomic E-state index is 5.48. The van der Waals surface area contributed by atoms with Gasteiger partial charge in [-0.05, 0) is 43.9 Å². The predicted octanol–water partition coefficient (Wildman–Crippen LogP) is 2.03. The number of rotatable bonds is 6. The van der Waals surface area contributed by atoms with E-state index in [0.717, 1.165) is 32.6 Å². The van der Waals surface area contributed by atoms with E-state index in [-0.39, 0.29) is 0 Å².